The minimum atomic E-state index is -0.342. The average molecular weight is 458 g/mol. The predicted octanol–water partition coefficient (Wildman–Crippen LogP) is 4.20. The van der Waals surface area contributed by atoms with Crippen LogP contribution < -0.4 is 5.32 Å². The van der Waals surface area contributed by atoms with Crippen LogP contribution in [0.1, 0.15) is 27.0 Å². The van der Waals surface area contributed by atoms with Gasteiger partial charge >= 0.3 is 0 Å². The van der Waals surface area contributed by atoms with Gasteiger partial charge in [0, 0.05) is 43.9 Å². The molecule has 1 N–H and O–H groups in total. The Balaban J connectivity index is 1.30. The van der Waals surface area contributed by atoms with Gasteiger partial charge in [-0.25, -0.2) is 0 Å². The van der Waals surface area contributed by atoms with E-state index in [0.29, 0.717) is 34.6 Å². The molecule has 0 aliphatic carbocycles. The van der Waals surface area contributed by atoms with E-state index in [-0.39, 0.29) is 18.4 Å². The Morgan fingerprint density at radius 3 is 2.58 bits per heavy atom. The van der Waals surface area contributed by atoms with Crippen molar-refractivity contribution in [2.24, 2.45) is 5.92 Å². The van der Waals surface area contributed by atoms with Crippen LogP contribution in [0.15, 0.2) is 48.2 Å². The largest absolute Gasteiger partial charge is 0.372 e. The van der Waals surface area contributed by atoms with E-state index in [1.165, 1.54) is 28.3 Å². The highest BCUT2D eigenvalue weighted by molar-refractivity contribution is 6.42. The average Bonchev–Trinajstić information content (AvgIpc) is 3.29. The number of carbonyl (C=O) groups is 2. The molecule has 2 aliphatic heterocycles. The first kappa shape index (κ1) is 21.7. The van der Waals surface area contributed by atoms with Gasteiger partial charge in [0.15, 0.2) is 0 Å². The van der Waals surface area contributed by atoms with E-state index in [1.54, 1.807) is 12.1 Å². The fourth-order valence-corrected chi connectivity index (χ4v) is 4.54. The van der Waals surface area contributed by atoms with Crippen molar-refractivity contribution >= 4 is 35.0 Å². The zero-order valence-corrected chi connectivity index (χ0v) is 19.1. The second-order valence-electron chi connectivity index (χ2n) is 8.35. The van der Waals surface area contributed by atoms with Gasteiger partial charge in [-0.3, -0.25) is 9.59 Å². The SMILES string of the molecule is Cc1ccc(CN2C=C3CN(C(=O)CNC(=O)c4ccc(Cl)c(Cl)c4)CC3C2)c(C)c1. The van der Waals surface area contributed by atoms with Crippen molar-refractivity contribution < 1.29 is 9.59 Å². The molecule has 1 unspecified atom stereocenters. The fraction of sp³-hybridized carbons (Fsp3) is 0.333. The number of carbonyl (C=O) groups excluding carboxylic acids is 2. The van der Waals surface area contributed by atoms with Crippen molar-refractivity contribution in [3.05, 3.63) is 80.5 Å². The molecular weight excluding hydrogens is 433 g/mol. The van der Waals surface area contributed by atoms with E-state index in [0.717, 1.165) is 13.1 Å². The molecule has 1 fully saturated rings. The molecule has 5 nitrogen and oxygen atoms in total. The van der Waals surface area contributed by atoms with E-state index >= 15 is 0 Å². The van der Waals surface area contributed by atoms with Gasteiger partial charge < -0.3 is 15.1 Å². The molecule has 2 amide bonds. The Morgan fingerprint density at radius 1 is 1.06 bits per heavy atom. The van der Waals surface area contributed by atoms with Crippen LogP contribution in [-0.2, 0) is 11.3 Å². The lowest BCUT2D eigenvalue weighted by molar-refractivity contribution is -0.129. The van der Waals surface area contributed by atoms with Gasteiger partial charge in [-0.05, 0) is 48.7 Å². The number of fused-ring (bicyclic) bond motifs is 1. The van der Waals surface area contributed by atoms with Gasteiger partial charge in [-0.1, -0.05) is 47.0 Å². The summed E-state index contributed by atoms with van der Waals surface area (Å²) in [6, 6.07) is 11.2. The number of aryl methyl sites for hydroxylation is 2. The first-order valence-electron chi connectivity index (χ1n) is 10.3. The number of likely N-dealkylation sites (tertiary alicyclic amines) is 1. The molecule has 2 aromatic rings. The molecule has 2 aliphatic rings. The molecule has 31 heavy (non-hydrogen) atoms. The summed E-state index contributed by atoms with van der Waals surface area (Å²) in [4.78, 5) is 29.1. The molecule has 0 bridgehead atoms. The zero-order valence-electron chi connectivity index (χ0n) is 17.6. The molecule has 0 radical (unpaired) electrons. The number of halogens is 2. The number of amides is 2. The maximum Gasteiger partial charge on any atom is 0.251 e. The van der Waals surface area contributed by atoms with E-state index in [9.17, 15) is 9.59 Å². The summed E-state index contributed by atoms with van der Waals surface area (Å²) >= 11 is 11.8. The van der Waals surface area contributed by atoms with Crippen molar-refractivity contribution in [2.45, 2.75) is 20.4 Å². The van der Waals surface area contributed by atoms with Crippen LogP contribution >= 0.6 is 23.2 Å². The Morgan fingerprint density at radius 2 is 1.87 bits per heavy atom. The van der Waals surface area contributed by atoms with Crippen molar-refractivity contribution in [3.8, 4) is 0 Å². The van der Waals surface area contributed by atoms with Crippen LogP contribution in [-0.4, -0.2) is 47.8 Å². The van der Waals surface area contributed by atoms with Crippen LogP contribution in [0.5, 0.6) is 0 Å². The molecule has 162 valence electrons. The lowest BCUT2D eigenvalue weighted by Crippen LogP contribution is -2.39. The lowest BCUT2D eigenvalue weighted by atomic mass is 10.1. The van der Waals surface area contributed by atoms with Crippen molar-refractivity contribution in [1.29, 1.82) is 0 Å². The van der Waals surface area contributed by atoms with E-state index in [1.807, 2.05) is 4.90 Å². The maximum atomic E-state index is 12.6. The zero-order chi connectivity index (χ0) is 22.1. The molecule has 1 atom stereocenters. The maximum absolute atomic E-state index is 12.6. The van der Waals surface area contributed by atoms with Crippen LogP contribution in [0.2, 0.25) is 10.0 Å². The Bertz CT molecular complexity index is 1070. The standard InChI is InChI=1S/C24H25Cl2N3O2/c1-15-3-4-18(16(2)7-15)10-28-11-19-13-29(14-20(19)12-28)23(30)9-27-24(31)17-5-6-21(25)22(26)8-17/h3-8,11,20H,9-10,12-14H2,1-2H3,(H,27,31). The highest BCUT2D eigenvalue weighted by Crippen LogP contribution is 2.31. The van der Waals surface area contributed by atoms with E-state index in [2.05, 4.69) is 48.5 Å². The van der Waals surface area contributed by atoms with Crippen molar-refractivity contribution in [3.63, 3.8) is 0 Å². The second-order valence-corrected chi connectivity index (χ2v) is 9.16. The summed E-state index contributed by atoms with van der Waals surface area (Å²) in [5.74, 6) is -0.0599. The number of nitrogens with one attached hydrogen (secondary N) is 1. The third-order valence-electron chi connectivity index (χ3n) is 5.95. The summed E-state index contributed by atoms with van der Waals surface area (Å²) in [6.07, 6.45) is 2.20. The first-order chi connectivity index (χ1) is 14.8. The third-order valence-corrected chi connectivity index (χ3v) is 6.69. The Kier molecular flexibility index (Phi) is 6.26. The van der Waals surface area contributed by atoms with Crippen LogP contribution in [0.4, 0.5) is 0 Å². The highest BCUT2D eigenvalue weighted by atomic mass is 35.5. The number of hydrogen-bond acceptors (Lipinski definition) is 3. The number of hydrogen-bond donors (Lipinski definition) is 1. The smallest absolute Gasteiger partial charge is 0.251 e. The molecule has 0 saturated carbocycles. The van der Waals surface area contributed by atoms with Gasteiger partial charge in [0.1, 0.15) is 0 Å². The quantitative estimate of drug-likeness (QED) is 0.731. The molecule has 4 rings (SSSR count). The lowest BCUT2D eigenvalue weighted by Gasteiger charge is -2.22. The molecule has 7 heteroatoms. The first-order valence-corrected chi connectivity index (χ1v) is 11.1. The minimum Gasteiger partial charge on any atom is -0.372 e. The van der Waals surface area contributed by atoms with Gasteiger partial charge in [0.2, 0.25) is 5.91 Å². The van der Waals surface area contributed by atoms with Crippen LogP contribution in [0.25, 0.3) is 0 Å². The monoisotopic (exact) mass is 457 g/mol. The molecule has 2 aromatic carbocycles. The summed E-state index contributed by atoms with van der Waals surface area (Å²) < 4.78 is 0. The summed E-state index contributed by atoms with van der Waals surface area (Å²) in [7, 11) is 0. The Hall–Kier alpha value is -2.50. The second kappa shape index (κ2) is 8.93. The van der Waals surface area contributed by atoms with Crippen molar-refractivity contribution in [1.82, 2.24) is 15.1 Å². The predicted molar refractivity (Wildman–Crippen MR) is 123 cm³/mol. The molecule has 0 aromatic heterocycles. The van der Waals surface area contributed by atoms with E-state index in [4.69, 9.17) is 23.2 Å². The topological polar surface area (TPSA) is 52.6 Å². The van der Waals surface area contributed by atoms with Gasteiger partial charge in [0.25, 0.3) is 5.91 Å². The summed E-state index contributed by atoms with van der Waals surface area (Å²) in [5.41, 5.74) is 5.59. The normalized spacial score (nSPS) is 17.5. The van der Waals surface area contributed by atoms with Crippen LogP contribution in [0.3, 0.4) is 0 Å². The highest BCUT2D eigenvalue weighted by Gasteiger charge is 2.35. The number of nitrogens with zero attached hydrogens (tertiary/aromatic N) is 2. The minimum absolute atomic E-state index is 0.0364. The summed E-state index contributed by atoms with van der Waals surface area (Å²) in [5, 5.41) is 3.38. The van der Waals surface area contributed by atoms with Gasteiger partial charge in [0.05, 0.1) is 16.6 Å². The molecular formula is C24H25Cl2N3O2. The van der Waals surface area contributed by atoms with Crippen LogP contribution in [0, 0.1) is 19.8 Å². The Labute approximate surface area is 192 Å². The summed E-state index contributed by atoms with van der Waals surface area (Å²) in [6.45, 7) is 7.34. The van der Waals surface area contributed by atoms with Gasteiger partial charge in [-0.2, -0.15) is 0 Å². The van der Waals surface area contributed by atoms with Crippen molar-refractivity contribution in [2.75, 3.05) is 26.2 Å². The molecule has 1 saturated heterocycles. The third kappa shape index (κ3) is 4.89. The number of rotatable bonds is 5. The number of benzene rings is 2. The van der Waals surface area contributed by atoms with E-state index < -0.39 is 0 Å². The molecule has 0 spiro atoms. The molecule has 2 heterocycles. The fourth-order valence-electron chi connectivity index (χ4n) is 4.24. The van der Waals surface area contributed by atoms with Gasteiger partial charge in [-0.15, -0.1) is 0 Å².